The van der Waals surface area contributed by atoms with Crippen LogP contribution < -0.4 is 5.73 Å². The van der Waals surface area contributed by atoms with E-state index in [-0.39, 0.29) is 5.91 Å². The maximum absolute atomic E-state index is 11.9. The lowest BCUT2D eigenvalue weighted by atomic mass is 9.93. The van der Waals surface area contributed by atoms with Gasteiger partial charge in [-0.15, -0.1) is 0 Å². The summed E-state index contributed by atoms with van der Waals surface area (Å²) in [7, 11) is 0. The van der Waals surface area contributed by atoms with Crippen molar-refractivity contribution in [2.24, 2.45) is 17.6 Å². The lowest BCUT2D eigenvalue weighted by Crippen LogP contribution is -2.40. The van der Waals surface area contributed by atoms with Gasteiger partial charge in [0.15, 0.2) is 0 Å². The first kappa shape index (κ1) is 14.5. The van der Waals surface area contributed by atoms with Gasteiger partial charge in [-0.3, -0.25) is 4.79 Å². The monoisotopic (exact) mass is 242 g/mol. The van der Waals surface area contributed by atoms with Crippen LogP contribution in [-0.4, -0.2) is 43.7 Å². The van der Waals surface area contributed by atoms with Gasteiger partial charge in [0.25, 0.3) is 0 Å². The number of carbonyl (C=O) groups is 1. The zero-order valence-corrected chi connectivity index (χ0v) is 11.2. The van der Waals surface area contributed by atoms with Gasteiger partial charge in [0, 0.05) is 19.5 Å². The Morgan fingerprint density at radius 3 is 2.53 bits per heavy atom. The van der Waals surface area contributed by atoms with Gasteiger partial charge in [0.1, 0.15) is 0 Å². The van der Waals surface area contributed by atoms with Crippen LogP contribution in [0, 0.1) is 11.8 Å². The Kier molecular flexibility index (Phi) is 6.52. The molecular weight excluding hydrogens is 216 g/mol. The van der Waals surface area contributed by atoms with Gasteiger partial charge in [0.05, 0.1) is 13.2 Å². The van der Waals surface area contributed by atoms with E-state index in [0.29, 0.717) is 38.0 Å². The first-order chi connectivity index (χ1) is 8.13. The lowest BCUT2D eigenvalue weighted by Gasteiger charge is -2.27. The molecule has 0 spiro atoms. The van der Waals surface area contributed by atoms with Gasteiger partial charge in [-0.1, -0.05) is 13.8 Å². The van der Waals surface area contributed by atoms with E-state index >= 15 is 0 Å². The van der Waals surface area contributed by atoms with Gasteiger partial charge >= 0.3 is 0 Å². The molecule has 4 heteroatoms. The average molecular weight is 242 g/mol. The van der Waals surface area contributed by atoms with Gasteiger partial charge in [0.2, 0.25) is 5.91 Å². The molecule has 0 aromatic heterocycles. The SMILES string of the molecule is CC(C)CC(CN)CCC(=O)N1CCOCC1. The molecular formula is C13H26N2O2. The molecule has 0 aliphatic carbocycles. The van der Waals surface area contributed by atoms with Gasteiger partial charge in [-0.05, 0) is 31.2 Å². The summed E-state index contributed by atoms with van der Waals surface area (Å²) in [6.07, 6.45) is 2.67. The molecule has 1 aliphatic heterocycles. The summed E-state index contributed by atoms with van der Waals surface area (Å²) in [6, 6.07) is 0. The second-order valence-corrected chi connectivity index (χ2v) is 5.26. The summed E-state index contributed by atoms with van der Waals surface area (Å²) < 4.78 is 5.24. The molecule has 2 N–H and O–H groups in total. The van der Waals surface area contributed by atoms with Crippen LogP contribution in [0.15, 0.2) is 0 Å². The normalized spacial score (nSPS) is 18.5. The number of rotatable bonds is 6. The van der Waals surface area contributed by atoms with Crippen LogP contribution in [0.4, 0.5) is 0 Å². The van der Waals surface area contributed by atoms with Gasteiger partial charge in [-0.25, -0.2) is 0 Å². The molecule has 0 saturated carbocycles. The minimum atomic E-state index is 0.260. The number of nitrogens with zero attached hydrogens (tertiary/aromatic N) is 1. The van der Waals surface area contributed by atoms with Crippen LogP contribution in [0.25, 0.3) is 0 Å². The second-order valence-electron chi connectivity index (χ2n) is 5.26. The molecule has 1 saturated heterocycles. The van der Waals surface area contributed by atoms with Crippen LogP contribution in [0.3, 0.4) is 0 Å². The Balaban J connectivity index is 2.25. The van der Waals surface area contributed by atoms with E-state index in [0.717, 1.165) is 25.9 Å². The predicted octanol–water partition coefficient (Wildman–Crippen LogP) is 1.25. The van der Waals surface area contributed by atoms with Crippen molar-refractivity contribution in [3.63, 3.8) is 0 Å². The third-order valence-corrected chi connectivity index (χ3v) is 3.27. The minimum absolute atomic E-state index is 0.260. The molecule has 4 nitrogen and oxygen atoms in total. The van der Waals surface area contributed by atoms with Crippen molar-refractivity contribution < 1.29 is 9.53 Å². The van der Waals surface area contributed by atoms with E-state index in [2.05, 4.69) is 13.8 Å². The van der Waals surface area contributed by atoms with Gasteiger partial charge < -0.3 is 15.4 Å². The summed E-state index contributed by atoms with van der Waals surface area (Å²) in [6.45, 7) is 7.94. The summed E-state index contributed by atoms with van der Waals surface area (Å²) >= 11 is 0. The summed E-state index contributed by atoms with van der Waals surface area (Å²) in [5.74, 6) is 1.40. The fraction of sp³-hybridized carbons (Fsp3) is 0.923. The zero-order chi connectivity index (χ0) is 12.7. The molecule has 100 valence electrons. The molecule has 1 atom stereocenters. The van der Waals surface area contributed by atoms with Crippen molar-refractivity contribution in [1.82, 2.24) is 4.90 Å². The molecule has 0 aromatic rings. The van der Waals surface area contributed by atoms with E-state index in [1.807, 2.05) is 4.90 Å². The van der Waals surface area contributed by atoms with Gasteiger partial charge in [-0.2, -0.15) is 0 Å². The highest BCUT2D eigenvalue weighted by molar-refractivity contribution is 5.76. The molecule has 0 radical (unpaired) electrons. The fourth-order valence-corrected chi connectivity index (χ4v) is 2.30. The summed E-state index contributed by atoms with van der Waals surface area (Å²) in [4.78, 5) is 13.8. The molecule has 1 rings (SSSR count). The van der Waals surface area contributed by atoms with Crippen molar-refractivity contribution in [2.45, 2.75) is 33.1 Å². The Morgan fingerprint density at radius 2 is 2.00 bits per heavy atom. The highest BCUT2D eigenvalue weighted by Gasteiger charge is 2.18. The van der Waals surface area contributed by atoms with Crippen molar-refractivity contribution in [1.29, 1.82) is 0 Å². The van der Waals surface area contributed by atoms with Crippen LogP contribution in [-0.2, 0) is 9.53 Å². The zero-order valence-electron chi connectivity index (χ0n) is 11.2. The lowest BCUT2D eigenvalue weighted by molar-refractivity contribution is -0.135. The number of amides is 1. The number of ether oxygens (including phenoxy) is 1. The van der Waals surface area contributed by atoms with Crippen molar-refractivity contribution in [3.8, 4) is 0 Å². The Hall–Kier alpha value is -0.610. The Labute approximate surface area is 104 Å². The average Bonchev–Trinajstić information content (AvgIpc) is 2.34. The van der Waals surface area contributed by atoms with E-state index in [4.69, 9.17) is 10.5 Å². The first-order valence-corrected chi connectivity index (χ1v) is 6.69. The largest absolute Gasteiger partial charge is 0.378 e. The summed E-state index contributed by atoms with van der Waals surface area (Å²) in [5, 5.41) is 0. The van der Waals surface area contributed by atoms with Crippen molar-refractivity contribution in [2.75, 3.05) is 32.8 Å². The fourth-order valence-electron chi connectivity index (χ4n) is 2.30. The topological polar surface area (TPSA) is 55.6 Å². The molecule has 1 heterocycles. The maximum Gasteiger partial charge on any atom is 0.222 e. The quantitative estimate of drug-likeness (QED) is 0.762. The Bertz CT molecular complexity index is 225. The molecule has 0 aromatic carbocycles. The van der Waals surface area contributed by atoms with E-state index < -0.39 is 0 Å². The first-order valence-electron chi connectivity index (χ1n) is 6.69. The minimum Gasteiger partial charge on any atom is -0.378 e. The van der Waals surface area contributed by atoms with Crippen molar-refractivity contribution >= 4 is 5.91 Å². The highest BCUT2D eigenvalue weighted by Crippen LogP contribution is 2.16. The van der Waals surface area contributed by atoms with Crippen LogP contribution >= 0.6 is 0 Å². The number of morpholine rings is 1. The second kappa shape index (κ2) is 7.67. The number of nitrogens with two attached hydrogens (primary N) is 1. The van der Waals surface area contributed by atoms with Crippen molar-refractivity contribution in [3.05, 3.63) is 0 Å². The van der Waals surface area contributed by atoms with Crippen LogP contribution in [0.1, 0.15) is 33.1 Å². The molecule has 1 fully saturated rings. The standard InChI is InChI=1S/C13H26N2O2/c1-11(2)9-12(10-14)3-4-13(16)15-5-7-17-8-6-15/h11-12H,3-10,14H2,1-2H3. The molecule has 17 heavy (non-hydrogen) atoms. The Morgan fingerprint density at radius 1 is 1.35 bits per heavy atom. The van der Waals surface area contributed by atoms with E-state index in [9.17, 15) is 4.79 Å². The number of hydrogen-bond donors (Lipinski definition) is 1. The van der Waals surface area contributed by atoms with E-state index in [1.54, 1.807) is 0 Å². The molecule has 0 bridgehead atoms. The third-order valence-electron chi connectivity index (χ3n) is 3.27. The smallest absolute Gasteiger partial charge is 0.222 e. The van der Waals surface area contributed by atoms with E-state index in [1.165, 1.54) is 0 Å². The predicted molar refractivity (Wildman–Crippen MR) is 68.6 cm³/mol. The third kappa shape index (κ3) is 5.50. The number of hydrogen-bond acceptors (Lipinski definition) is 3. The maximum atomic E-state index is 11.9. The highest BCUT2D eigenvalue weighted by atomic mass is 16.5. The van der Waals surface area contributed by atoms with Crippen LogP contribution in [0.2, 0.25) is 0 Å². The number of carbonyl (C=O) groups excluding carboxylic acids is 1. The molecule has 1 amide bonds. The summed E-state index contributed by atoms with van der Waals surface area (Å²) in [5.41, 5.74) is 5.74. The molecule has 1 aliphatic rings. The molecule has 1 unspecified atom stereocenters. The van der Waals surface area contributed by atoms with Crippen LogP contribution in [0.5, 0.6) is 0 Å².